The minimum Gasteiger partial charge on any atom is -0.496 e. The highest BCUT2D eigenvalue weighted by Gasteiger charge is 2.20. The van der Waals surface area contributed by atoms with Gasteiger partial charge in [-0.2, -0.15) is 0 Å². The summed E-state index contributed by atoms with van der Waals surface area (Å²) in [5, 5.41) is 1.02. The maximum atomic E-state index is 14.5. The monoisotopic (exact) mass is 427 g/mol. The number of fused-ring (bicyclic) bond motifs is 1. The van der Waals surface area contributed by atoms with Crippen molar-refractivity contribution < 1.29 is 9.13 Å². The summed E-state index contributed by atoms with van der Waals surface area (Å²) in [6.45, 7) is 4.57. The van der Waals surface area contributed by atoms with Crippen LogP contribution in [0.25, 0.3) is 22.0 Å². The largest absolute Gasteiger partial charge is 0.496 e. The zero-order chi connectivity index (χ0) is 21.9. The molecular weight excluding hydrogens is 401 g/mol. The molecule has 0 saturated carbocycles. The number of hydrogen-bond acceptors (Lipinski definition) is 4. The molecule has 0 aliphatic carbocycles. The molecule has 32 heavy (non-hydrogen) atoms. The van der Waals surface area contributed by atoms with Gasteiger partial charge in [-0.05, 0) is 24.3 Å². The Labute approximate surface area is 187 Å². The Balaban J connectivity index is 1.36. The molecule has 0 spiro atoms. The minimum atomic E-state index is -0.225. The van der Waals surface area contributed by atoms with E-state index >= 15 is 0 Å². The molecule has 4 aromatic rings. The Kier molecular flexibility index (Phi) is 5.73. The summed E-state index contributed by atoms with van der Waals surface area (Å²) in [7, 11) is 1.72. The van der Waals surface area contributed by atoms with Crippen LogP contribution in [0.1, 0.15) is 5.56 Å². The van der Waals surface area contributed by atoms with E-state index in [0.29, 0.717) is 5.56 Å². The summed E-state index contributed by atoms with van der Waals surface area (Å²) < 4.78 is 20.0. The van der Waals surface area contributed by atoms with Crippen LogP contribution in [0.3, 0.4) is 0 Å². The molecule has 162 valence electrons. The number of aromatic nitrogens is 1. The van der Waals surface area contributed by atoms with Crippen molar-refractivity contribution in [2.75, 3.05) is 38.2 Å². The molecule has 3 aromatic carbocycles. The van der Waals surface area contributed by atoms with Crippen molar-refractivity contribution in [1.82, 2.24) is 9.88 Å². The lowest BCUT2D eigenvalue weighted by Crippen LogP contribution is -2.46. The highest BCUT2D eigenvalue weighted by Crippen LogP contribution is 2.31. The number of ether oxygens (including phenoxy) is 1. The molecule has 0 atom stereocenters. The van der Waals surface area contributed by atoms with Gasteiger partial charge < -0.3 is 9.64 Å². The maximum absolute atomic E-state index is 14.5. The molecule has 1 aliphatic rings. The number of halogens is 1. The number of piperazine rings is 1. The summed E-state index contributed by atoms with van der Waals surface area (Å²) in [4.78, 5) is 9.73. The van der Waals surface area contributed by atoms with Crippen LogP contribution < -0.4 is 9.64 Å². The molecule has 2 heterocycles. The Bertz CT molecular complexity index is 1230. The summed E-state index contributed by atoms with van der Waals surface area (Å²) in [6.07, 6.45) is 0. The van der Waals surface area contributed by atoms with E-state index in [4.69, 9.17) is 9.72 Å². The van der Waals surface area contributed by atoms with E-state index in [1.54, 1.807) is 13.2 Å². The number of hydrogen-bond donors (Lipinski definition) is 0. The van der Waals surface area contributed by atoms with Crippen LogP contribution in [-0.4, -0.2) is 43.2 Å². The van der Waals surface area contributed by atoms with Crippen molar-refractivity contribution in [3.8, 4) is 16.9 Å². The number of nitrogens with zero attached hydrogens (tertiary/aromatic N) is 3. The first-order valence-electron chi connectivity index (χ1n) is 11.0. The lowest BCUT2D eigenvalue weighted by Gasteiger charge is -2.35. The zero-order valence-corrected chi connectivity index (χ0v) is 18.2. The van der Waals surface area contributed by atoms with Gasteiger partial charge in [-0.25, -0.2) is 9.37 Å². The standard InChI is InChI=1S/C27H26FN3O/c1-32-25-12-5-2-7-21(25)19-30-15-17-31(18-16-30)26-14-13-20-8-6-10-23(27(20)29-26)22-9-3-4-11-24(22)28/h2-14H,15-19H2,1H3. The zero-order valence-electron chi connectivity index (χ0n) is 18.2. The molecule has 1 aromatic heterocycles. The lowest BCUT2D eigenvalue weighted by atomic mass is 10.0. The van der Waals surface area contributed by atoms with Gasteiger partial charge in [-0.1, -0.05) is 54.6 Å². The lowest BCUT2D eigenvalue weighted by molar-refractivity contribution is 0.245. The number of pyridine rings is 1. The molecule has 0 N–H and O–H groups in total. The van der Waals surface area contributed by atoms with Crippen LogP contribution in [0.15, 0.2) is 78.9 Å². The summed E-state index contributed by atoms with van der Waals surface area (Å²) >= 11 is 0. The molecule has 0 radical (unpaired) electrons. The SMILES string of the molecule is COc1ccccc1CN1CCN(c2ccc3cccc(-c4ccccc4F)c3n2)CC1. The van der Waals surface area contributed by atoms with Gasteiger partial charge in [0, 0.05) is 54.8 Å². The second-order valence-electron chi connectivity index (χ2n) is 8.10. The van der Waals surface area contributed by atoms with Crippen molar-refractivity contribution in [3.63, 3.8) is 0 Å². The van der Waals surface area contributed by atoms with E-state index in [1.807, 2.05) is 42.5 Å². The molecule has 1 saturated heterocycles. The van der Waals surface area contributed by atoms with Gasteiger partial charge in [0.1, 0.15) is 17.4 Å². The highest BCUT2D eigenvalue weighted by molar-refractivity contribution is 5.94. The Morgan fingerprint density at radius 3 is 2.38 bits per heavy atom. The summed E-state index contributed by atoms with van der Waals surface area (Å²) in [5.41, 5.74) is 3.47. The molecular formula is C27H26FN3O. The van der Waals surface area contributed by atoms with Gasteiger partial charge in [-0.15, -0.1) is 0 Å². The fraction of sp³-hybridized carbons (Fsp3) is 0.222. The number of anilines is 1. The number of benzene rings is 3. The van der Waals surface area contributed by atoms with Crippen LogP contribution in [0.5, 0.6) is 5.75 Å². The van der Waals surface area contributed by atoms with Gasteiger partial charge in [0.25, 0.3) is 0 Å². The predicted molar refractivity (Wildman–Crippen MR) is 128 cm³/mol. The molecule has 1 fully saturated rings. The van der Waals surface area contributed by atoms with Crippen molar-refractivity contribution in [2.24, 2.45) is 0 Å². The van der Waals surface area contributed by atoms with Gasteiger partial charge in [0.05, 0.1) is 12.6 Å². The van der Waals surface area contributed by atoms with Crippen LogP contribution in [-0.2, 0) is 6.54 Å². The van der Waals surface area contributed by atoms with E-state index in [2.05, 4.69) is 34.1 Å². The van der Waals surface area contributed by atoms with Crippen molar-refractivity contribution in [2.45, 2.75) is 6.54 Å². The average Bonchev–Trinajstić information content (AvgIpc) is 2.84. The first-order chi connectivity index (χ1) is 15.7. The molecule has 0 bridgehead atoms. The van der Waals surface area contributed by atoms with Gasteiger partial charge >= 0.3 is 0 Å². The summed E-state index contributed by atoms with van der Waals surface area (Å²) in [6, 6.07) is 25.2. The Morgan fingerprint density at radius 2 is 1.56 bits per heavy atom. The van der Waals surface area contributed by atoms with Gasteiger partial charge in [-0.3, -0.25) is 4.90 Å². The van der Waals surface area contributed by atoms with Gasteiger partial charge in [0.15, 0.2) is 0 Å². The first-order valence-corrected chi connectivity index (χ1v) is 11.0. The molecule has 0 amide bonds. The number of para-hydroxylation sites is 2. The fourth-order valence-electron chi connectivity index (χ4n) is 4.42. The van der Waals surface area contributed by atoms with E-state index < -0.39 is 0 Å². The molecule has 4 nitrogen and oxygen atoms in total. The normalized spacial score (nSPS) is 14.6. The third kappa shape index (κ3) is 4.04. The predicted octanol–water partition coefficient (Wildman–Crippen LogP) is 5.37. The van der Waals surface area contributed by atoms with E-state index in [-0.39, 0.29) is 5.82 Å². The van der Waals surface area contributed by atoms with Crippen molar-refractivity contribution >= 4 is 16.7 Å². The van der Waals surface area contributed by atoms with Crippen molar-refractivity contribution in [3.05, 3.63) is 90.2 Å². The van der Waals surface area contributed by atoms with Crippen LogP contribution in [0, 0.1) is 5.82 Å². The van der Waals surface area contributed by atoms with Crippen LogP contribution >= 0.6 is 0 Å². The van der Waals surface area contributed by atoms with Crippen molar-refractivity contribution in [1.29, 1.82) is 0 Å². The minimum absolute atomic E-state index is 0.225. The highest BCUT2D eigenvalue weighted by atomic mass is 19.1. The fourth-order valence-corrected chi connectivity index (χ4v) is 4.42. The maximum Gasteiger partial charge on any atom is 0.131 e. The second kappa shape index (κ2) is 8.97. The van der Waals surface area contributed by atoms with Gasteiger partial charge in [0.2, 0.25) is 0 Å². The molecule has 5 heteroatoms. The Morgan fingerprint density at radius 1 is 0.812 bits per heavy atom. The first kappa shape index (κ1) is 20.5. The Hall–Kier alpha value is -3.44. The van der Waals surface area contributed by atoms with E-state index in [1.165, 1.54) is 11.6 Å². The molecule has 1 aliphatic heterocycles. The van der Waals surface area contributed by atoms with Crippen LogP contribution in [0.2, 0.25) is 0 Å². The van der Waals surface area contributed by atoms with Crippen LogP contribution in [0.4, 0.5) is 10.2 Å². The average molecular weight is 428 g/mol. The third-order valence-electron chi connectivity index (χ3n) is 6.15. The quantitative estimate of drug-likeness (QED) is 0.428. The smallest absolute Gasteiger partial charge is 0.131 e. The molecule has 5 rings (SSSR count). The second-order valence-corrected chi connectivity index (χ2v) is 8.10. The molecule has 0 unspecified atom stereocenters. The number of methoxy groups -OCH3 is 1. The third-order valence-corrected chi connectivity index (χ3v) is 6.15. The van der Waals surface area contributed by atoms with E-state index in [0.717, 1.165) is 60.8 Å². The summed E-state index contributed by atoms with van der Waals surface area (Å²) in [5.74, 6) is 1.65. The topological polar surface area (TPSA) is 28.6 Å². The number of rotatable bonds is 5. The van der Waals surface area contributed by atoms with E-state index in [9.17, 15) is 4.39 Å².